The highest BCUT2D eigenvalue weighted by molar-refractivity contribution is 9.10. The molecule has 23 heavy (non-hydrogen) atoms. The zero-order valence-corrected chi connectivity index (χ0v) is 13.8. The molecule has 2 heterocycles. The van der Waals surface area contributed by atoms with E-state index in [0.29, 0.717) is 5.82 Å². The van der Waals surface area contributed by atoms with E-state index in [1.54, 1.807) is 6.07 Å². The van der Waals surface area contributed by atoms with Gasteiger partial charge in [-0.1, -0.05) is 39.4 Å². The third kappa shape index (κ3) is 3.46. The summed E-state index contributed by atoms with van der Waals surface area (Å²) in [5.74, 6) is -0.0825. The number of thiophene rings is 1. The Labute approximate surface area is 142 Å². The minimum atomic E-state index is -0.526. The fraction of sp³-hybridized carbons (Fsp3) is 0. The van der Waals surface area contributed by atoms with Crippen LogP contribution in [0, 0.1) is 10.1 Å². The Bertz CT molecular complexity index is 872. The maximum Gasteiger partial charge on any atom is 0.324 e. The number of hydrogen-bond acceptors (Lipinski definition) is 5. The van der Waals surface area contributed by atoms with E-state index >= 15 is 0 Å². The molecule has 1 aromatic carbocycles. The summed E-state index contributed by atoms with van der Waals surface area (Å²) in [5.41, 5.74) is 1.68. The van der Waals surface area contributed by atoms with Gasteiger partial charge in [-0.05, 0) is 23.8 Å². The first-order valence-corrected chi connectivity index (χ1v) is 8.01. The van der Waals surface area contributed by atoms with Gasteiger partial charge in [0.05, 0.1) is 15.5 Å². The average molecular weight is 393 g/mol. The number of carbonyl (C=O) groups is 1. The van der Waals surface area contributed by atoms with Gasteiger partial charge in [-0.15, -0.1) is 0 Å². The summed E-state index contributed by atoms with van der Waals surface area (Å²) < 4.78 is 0.966. The van der Waals surface area contributed by atoms with Gasteiger partial charge in [0.2, 0.25) is 0 Å². The van der Waals surface area contributed by atoms with E-state index in [4.69, 9.17) is 0 Å². The van der Waals surface area contributed by atoms with Gasteiger partial charge >= 0.3 is 5.00 Å². The molecule has 0 unspecified atom stereocenters. The van der Waals surface area contributed by atoms with Crippen molar-refractivity contribution in [2.45, 2.75) is 0 Å². The Morgan fingerprint density at radius 2 is 2.00 bits per heavy atom. The second kappa shape index (κ2) is 6.31. The van der Waals surface area contributed by atoms with Crippen LogP contribution in [0.2, 0.25) is 0 Å². The molecule has 0 aliphatic heterocycles. The molecule has 0 bridgehead atoms. The number of nitro groups is 1. The highest BCUT2D eigenvalue weighted by atomic mass is 79.9. The van der Waals surface area contributed by atoms with Gasteiger partial charge in [0, 0.05) is 16.6 Å². The van der Waals surface area contributed by atoms with Crippen molar-refractivity contribution in [2.75, 3.05) is 5.32 Å². The molecule has 116 valence electrons. The van der Waals surface area contributed by atoms with Crippen molar-refractivity contribution >= 4 is 44.0 Å². The number of aromatic nitrogens is 2. The third-order valence-electron chi connectivity index (χ3n) is 2.97. The number of carbonyl (C=O) groups excluding carboxylic acids is 1. The van der Waals surface area contributed by atoms with Gasteiger partial charge in [0.25, 0.3) is 5.91 Å². The van der Waals surface area contributed by atoms with E-state index in [2.05, 4.69) is 31.4 Å². The molecule has 0 fully saturated rings. The summed E-state index contributed by atoms with van der Waals surface area (Å²) in [6, 6.07) is 12.0. The van der Waals surface area contributed by atoms with E-state index < -0.39 is 10.8 Å². The monoisotopic (exact) mass is 392 g/mol. The van der Waals surface area contributed by atoms with Crippen LogP contribution in [0.15, 0.2) is 46.9 Å². The lowest BCUT2D eigenvalue weighted by Gasteiger charge is -1.97. The normalized spacial score (nSPS) is 10.5. The molecule has 0 atom stereocenters. The molecule has 3 rings (SSSR count). The number of rotatable bonds is 4. The molecule has 3 aromatic rings. The minimum absolute atomic E-state index is 0.0762. The number of benzene rings is 1. The Morgan fingerprint density at radius 1 is 1.26 bits per heavy atom. The largest absolute Gasteiger partial charge is 0.324 e. The van der Waals surface area contributed by atoms with Crippen molar-refractivity contribution in [1.82, 2.24) is 10.2 Å². The number of anilines is 1. The van der Waals surface area contributed by atoms with Crippen molar-refractivity contribution in [1.29, 1.82) is 0 Å². The summed E-state index contributed by atoms with van der Waals surface area (Å²) in [6.07, 6.45) is 0. The third-order valence-corrected chi connectivity index (χ3v) is 4.53. The quantitative estimate of drug-likeness (QED) is 0.516. The maximum atomic E-state index is 12.1. The number of amides is 1. The molecule has 7 nitrogen and oxygen atoms in total. The molecule has 0 spiro atoms. The number of nitrogens with zero attached hydrogens (tertiary/aromatic N) is 2. The number of hydrogen-bond donors (Lipinski definition) is 2. The lowest BCUT2D eigenvalue weighted by atomic mass is 10.1. The van der Waals surface area contributed by atoms with Crippen LogP contribution in [-0.4, -0.2) is 21.0 Å². The van der Waals surface area contributed by atoms with Crippen LogP contribution >= 0.6 is 27.3 Å². The summed E-state index contributed by atoms with van der Waals surface area (Å²) in [5, 5.41) is 20.0. The van der Waals surface area contributed by atoms with Gasteiger partial charge in [0.1, 0.15) is 0 Å². The number of aromatic amines is 1. The fourth-order valence-electron chi connectivity index (χ4n) is 1.89. The standard InChI is InChI=1S/C14H9BrN4O3S/c15-9-3-1-8(2-4-9)10-7-12(18-17-10)16-14(20)11-5-6-13(23-11)19(21)22/h1-7H,(H2,16,17,18,20). The lowest BCUT2D eigenvalue weighted by molar-refractivity contribution is -0.380. The molecule has 0 aliphatic rings. The summed E-state index contributed by atoms with van der Waals surface area (Å²) in [6.45, 7) is 0. The van der Waals surface area contributed by atoms with Crippen LogP contribution < -0.4 is 5.32 Å². The van der Waals surface area contributed by atoms with Crippen molar-refractivity contribution in [3.05, 3.63) is 61.9 Å². The van der Waals surface area contributed by atoms with Crippen LogP contribution in [0.3, 0.4) is 0 Å². The van der Waals surface area contributed by atoms with Crippen LogP contribution in [0.5, 0.6) is 0 Å². The predicted octanol–water partition coefficient (Wildman–Crippen LogP) is 4.06. The average Bonchev–Trinajstić information content (AvgIpc) is 3.17. The minimum Gasteiger partial charge on any atom is -0.304 e. The van der Waals surface area contributed by atoms with Crippen LogP contribution in [0.4, 0.5) is 10.8 Å². The lowest BCUT2D eigenvalue weighted by Crippen LogP contribution is -2.10. The summed E-state index contributed by atoms with van der Waals surface area (Å²) >= 11 is 4.18. The van der Waals surface area contributed by atoms with Crippen molar-refractivity contribution in [3.8, 4) is 11.3 Å². The smallest absolute Gasteiger partial charge is 0.304 e. The van der Waals surface area contributed by atoms with Gasteiger partial charge in [-0.2, -0.15) is 5.10 Å². The maximum absolute atomic E-state index is 12.1. The first kappa shape index (κ1) is 15.4. The van der Waals surface area contributed by atoms with Gasteiger partial charge < -0.3 is 5.32 Å². The van der Waals surface area contributed by atoms with Gasteiger partial charge in [0.15, 0.2) is 5.82 Å². The van der Waals surface area contributed by atoms with Gasteiger partial charge in [-0.3, -0.25) is 20.0 Å². The second-order valence-corrected chi connectivity index (χ2v) is 6.50. The number of H-pyrrole nitrogens is 1. The Balaban J connectivity index is 1.74. The highest BCUT2D eigenvalue weighted by Gasteiger charge is 2.16. The zero-order valence-electron chi connectivity index (χ0n) is 11.4. The van der Waals surface area contributed by atoms with E-state index in [0.717, 1.165) is 27.1 Å². The summed E-state index contributed by atoms with van der Waals surface area (Å²) in [7, 11) is 0. The zero-order chi connectivity index (χ0) is 16.4. The predicted molar refractivity (Wildman–Crippen MR) is 90.7 cm³/mol. The van der Waals surface area contributed by atoms with Crippen LogP contribution in [0.1, 0.15) is 9.67 Å². The van der Waals surface area contributed by atoms with Crippen molar-refractivity contribution in [2.24, 2.45) is 0 Å². The van der Waals surface area contributed by atoms with Gasteiger partial charge in [-0.25, -0.2) is 0 Å². The first-order valence-electron chi connectivity index (χ1n) is 6.40. The number of halogens is 1. The first-order chi connectivity index (χ1) is 11.0. The SMILES string of the molecule is O=C(Nc1cc(-c2ccc(Br)cc2)[nH]n1)c1ccc([N+](=O)[O-])s1. The molecule has 0 radical (unpaired) electrons. The second-order valence-electron chi connectivity index (χ2n) is 4.52. The molecule has 2 aromatic heterocycles. The Hall–Kier alpha value is -2.52. The summed E-state index contributed by atoms with van der Waals surface area (Å²) in [4.78, 5) is 22.4. The van der Waals surface area contributed by atoms with E-state index in [1.807, 2.05) is 24.3 Å². The molecular formula is C14H9BrN4O3S. The Kier molecular flexibility index (Phi) is 4.22. The van der Waals surface area contributed by atoms with Crippen LogP contribution in [-0.2, 0) is 0 Å². The Morgan fingerprint density at radius 3 is 2.65 bits per heavy atom. The topological polar surface area (TPSA) is 101 Å². The molecule has 0 saturated heterocycles. The molecule has 2 N–H and O–H groups in total. The van der Waals surface area contributed by atoms with E-state index in [-0.39, 0.29) is 9.88 Å². The highest BCUT2D eigenvalue weighted by Crippen LogP contribution is 2.25. The fourth-order valence-corrected chi connectivity index (χ4v) is 2.87. The molecule has 1 amide bonds. The van der Waals surface area contributed by atoms with Crippen LogP contribution in [0.25, 0.3) is 11.3 Å². The molecule has 0 saturated carbocycles. The van der Waals surface area contributed by atoms with E-state index in [1.165, 1.54) is 12.1 Å². The van der Waals surface area contributed by atoms with Crippen molar-refractivity contribution < 1.29 is 9.72 Å². The molecule has 9 heteroatoms. The van der Waals surface area contributed by atoms with E-state index in [9.17, 15) is 14.9 Å². The molecular weight excluding hydrogens is 384 g/mol. The number of nitrogens with one attached hydrogen (secondary N) is 2. The molecule has 0 aliphatic carbocycles. The van der Waals surface area contributed by atoms with Crippen molar-refractivity contribution in [3.63, 3.8) is 0 Å².